The number of likely N-dealkylation sites (N-methyl/N-ethyl adjacent to an activating group) is 1. The van der Waals surface area contributed by atoms with Crippen molar-refractivity contribution in [2.24, 2.45) is 0 Å². The van der Waals surface area contributed by atoms with Crippen LogP contribution in [-0.2, 0) is 11.2 Å². The summed E-state index contributed by atoms with van der Waals surface area (Å²) in [5, 5.41) is 3.92. The van der Waals surface area contributed by atoms with Crippen LogP contribution in [0.3, 0.4) is 0 Å². The standard InChI is InChI=1S/C21H24N4O3/c1-22-20(26)18-14-24(10-11-25(18)21(27)19-7-4-12-28-19)9-8-15-13-23-17-6-3-2-5-16(15)17/h2-7,12-13,18,23H,8-11,14H2,1H3,(H,22,26). The molecule has 146 valence electrons. The lowest BCUT2D eigenvalue weighted by Gasteiger charge is -2.40. The highest BCUT2D eigenvalue weighted by atomic mass is 16.3. The first kappa shape index (κ1) is 18.3. The second-order valence-electron chi connectivity index (χ2n) is 7.02. The molecule has 1 aromatic carbocycles. The molecule has 2 N–H and O–H groups in total. The molecule has 2 aromatic heterocycles. The minimum absolute atomic E-state index is 0.156. The van der Waals surface area contributed by atoms with E-state index in [1.165, 1.54) is 17.2 Å². The van der Waals surface area contributed by atoms with Gasteiger partial charge in [-0.25, -0.2) is 0 Å². The molecule has 0 spiro atoms. The first-order valence-corrected chi connectivity index (χ1v) is 9.51. The lowest BCUT2D eigenvalue weighted by Crippen LogP contribution is -2.60. The van der Waals surface area contributed by atoms with Gasteiger partial charge < -0.3 is 19.6 Å². The summed E-state index contributed by atoms with van der Waals surface area (Å²) in [5.74, 6) is -0.132. The Morgan fingerprint density at radius 1 is 1.21 bits per heavy atom. The zero-order chi connectivity index (χ0) is 19.5. The van der Waals surface area contributed by atoms with Crippen LogP contribution in [-0.4, -0.2) is 65.9 Å². The van der Waals surface area contributed by atoms with Crippen molar-refractivity contribution >= 4 is 22.7 Å². The van der Waals surface area contributed by atoms with Crippen LogP contribution in [0.15, 0.2) is 53.3 Å². The van der Waals surface area contributed by atoms with Crippen molar-refractivity contribution in [3.8, 4) is 0 Å². The normalized spacial score (nSPS) is 17.8. The SMILES string of the molecule is CNC(=O)C1CN(CCc2c[nH]c3ccccc23)CCN1C(=O)c1ccco1. The van der Waals surface area contributed by atoms with Crippen LogP contribution < -0.4 is 5.32 Å². The van der Waals surface area contributed by atoms with Gasteiger partial charge in [0.15, 0.2) is 5.76 Å². The van der Waals surface area contributed by atoms with Gasteiger partial charge in [-0.2, -0.15) is 0 Å². The maximum atomic E-state index is 12.7. The van der Waals surface area contributed by atoms with Crippen molar-refractivity contribution < 1.29 is 14.0 Å². The highest BCUT2D eigenvalue weighted by Gasteiger charge is 2.36. The van der Waals surface area contributed by atoms with Crippen LogP contribution in [0.1, 0.15) is 16.1 Å². The van der Waals surface area contributed by atoms with Crippen molar-refractivity contribution in [3.63, 3.8) is 0 Å². The number of hydrogen-bond donors (Lipinski definition) is 2. The average molecular weight is 380 g/mol. The number of hydrogen-bond acceptors (Lipinski definition) is 4. The molecule has 1 aliphatic rings. The summed E-state index contributed by atoms with van der Waals surface area (Å²) in [7, 11) is 1.60. The number of nitrogens with zero attached hydrogens (tertiary/aromatic N) is 2. The molecule has 3 heterocycles. The van der Waals surface area contributed by atoms with Gasteiger partial charge in [0, 0.05) is 50.3 Å². The topological polar surface area (TPSA) is 81.6 Å². The number of rotatable bonds is 5. The number of carbonyl (C=O) groups is 2. The van der Waals surface area contributed by atoms with Gasteiger partial charge in [0.25, 0.3) is 5.91 Å². The summed E-state index contributed by atoms with van der Waals surface area (Å²) in [6.07, 6.45) is 4.41. The monoisotopic (exact) mass is 380 g/mol. The van der Waals surface area contributed by atoms with E-state index >= 15 is 0 Å². The number of nitrogens with one attached hydrogen (secondary N) is 2. The van der Waals surface area contributed by atoms with Crippen molar-refractivity contribution in [2.75, 3.05) is 33.2 Å². The minimum atomic E-state index is -0.528. The molecule has 3 aromatic rings. The predicted molar refractivity (Wildman–Crippen MR) is 106 cm³/mol. The Morgan fingerprint density at radius 3 is 2.86 bits per heavy atom. The Hall–Kier alpha value is -3.06. The molecule has 1 saturated heterocycles. The molecule has 4 rings (SSSR count). The third-order valence-electron chi connectivity index (χ3n) is 5.38. The van der Waals surface area contributed by atoms with Crippen molar-refractivity contribution in [1.29, 1.82) is 0 Å². The quantitative estimate of drug-likeness (QED) is 0.708. The predicted octanol–water partition coefficient (Wildman–Crippen LogP) is 1.88. The molecule has 0 saturated carbocycles. The average Bonchev–Trinajstić information content (AvgIpc) is 3.41. The summed E-state index contributed by atoms with van der Waals surface area (Å²) < 4.78 is 5.23. The summed E-state index contributed by atoms with van der Waals surface area (Å²) in [4.78, 5) is 32.3. The van der Waals surface area contributed by atoms with E-state index in [4.69, 9.17) is 4.42 Å². The molecule has 1 unspecified atom stereocenters. The fourth-order valence-corrected chi connectivity index (χ4v) is 3.84. The van der Waals surface area contributed by atoms with Crippen LogP contribution in [0.4, 0.5) is 0 Å². The number of H-pyrrole nitrogens is 1. The number of piperazine rings is 1. The van der Waals surface area contributed by atoms with E-state index in [0.29, 0.717) is 13.1 Å². The molecule has 0 aliphatic carbocycles. The van der Waals surface area contributed by atoms with Gasteiger partial charge in [-0.3, -0.25) is 14.5 Å². The third-order valence-corrected chi connectivity index (χ3v) is 5.38. The molecule has 1 aliphatic heterocycles. The number of furan rings is 1. The fraction of sp³-hybridized carbons (Fsp3) is 0.333. The smallest absolute Gasteiger partial charge is 0.290 e. The molecular weight excluding hydrogens is 356 g/mol. The number of aromatic nitrogens is 1. The third kappa shape index (κ3) is 3.53. The van der Waals surface area contributed by atoms with Gasteiger partial charge in [0.05, 0.1) is 6.26 Å². The van der Waals surface area contributed by atoms with E-state index < -0.39 is 6.04 Å². The van der Waals surface area contributed by atoms with E-state index in [-0.39, 0.29) is 17.6 Å². The first-order chi connectivity index (χ1) is 13.7. The number of carbonyl (C=O) groups excluding carboxylic acids is 2. The fourth-order valence-electron chi connectivity index (χ4n) is 3.84. The van der Waals surface area contributed by atoms with E-state index in [2.05, 4.69) is 33.5 Å². The largest absolute Gasteiger partial charge is 0.459 e. The molecule has 7 nitrogen and oxygen atoms in total. The number of fused-ring (bicyclic) bond motifs is 1. The summed E-state index contributed by atoms with van der Waals surface area (Å²) in [6, 6.07) is 11.0. The number of amides is 2. The summed E-state index contributed by atoms with van der Waals surface area (Å²) in [6.45, 7) is 2.56. The molecule has 1 fully saturated rings. The van der Waals surface area contributed by atoms with Gasteiger partial charge in [0.1, 0.15) is 6.04 Å². The summed E-state index contributed by atoms with van der Waals surface area (Å²) in [5.41, 5.74) is 2.40. The lowest BCUT2D eigenvalue weighted by molar-refractivity contribution is -0.127. The van der Waals surface area contributed by atoms with E-state index in [1.54, 1.807) is 24.1 Å². The van der Waals surface area contributed by atoms with Crippen LogP contribution in [0.5, 0.6) is 0 Å². The highest BCUT2D eigenvalue weighted by molar-refractivity contribution is 5.95. The Kier molecular flexibility index (Phi) is 5.16. The Balaban J connectivity index is 1.44. The Bertz CT molecular complexity index is 963. The van der Waals surface area contributed by atoms with Crippen LogP contribution in [0, 0.1) is 0 Å². The second-order valence-corrected chi connectivity index (χ2v) is 7.02. The molecule has 0 radical (unpaired) electrons. The van der Waals surface area contributed by atoms with E-state index in [9.17, 15) is 9.59 Å². The first-order valence-electron chi connectivity index (χ1n) is 9.51. The van der Waals surface area contributed by atoms with Gasteiger partial charge in [-0.05, 0) is 30.2 Å². The van der Waals surface area contributed by atoms with Gasteiger partial charge >= 0.3 is 0 Å². The zero-order valence-electron chi connectivity index (χ0n) is 15.9. The maximum absolute atomic E-state index is 12.7. The summed E-state index contributed by atoms with van der Waals surface area (Å²) >= 11 is 0. The van der Waals surface area contributed by atoms with Gasteiger partial charge in [-0.15, -0.1) is 0 Å². The van der Waals surface area contributed by atoms with Crippen molar-refractivity contribution in [3.05, 3.63) is 60.2 Å². The Labute approximate surface area is 163 Å². The van der Waals surface area contributed by atoms with Crippen LogP contribution in [0.25, 0.3) is 10.9 Å². The minimum Gasteiger partial charge on any atom is -0.459 e. The van der Waals surface area contributed by atoms with Gasteiger partial charge in [-0.1, -0.05) is 18.2 Å². The van der Waals surface area contributed by atoms with E-state index in [0.717, 1.165) is 25.0 Å². The zero-order valence-corrected chi connectivity index (χ0v) is 15.9. The van der Waals surface area contributed by atoms with Crippen molar-refractivity contribution in [1.82, 2.24) is 20.1 Å². The molecule has 7 heteroatoms. The Morgan fingerprint density at radius 2 is 2.07 bits per heavy atom. The number of benzene rings is 1. The lowest BCUT2D eigenvalue weighted by atomic mass is 10.1. The maximum Gasteiger partial charge on any atom is 0.290 e. The molecule has 0 bridgehead atoms. The molecule has 2 amide bonds. The van der Waals surface area contributed by atoms with E-state index in [1.807, 2.05) is 12.1 Å². The highest BCUT2D eigenvalue weighted by Crippen LogP contribution is 2.20. The van der Waals surface area contributed by atoms with Crippen LogP contribution >= 0.6 is 0 Å². The molecule has 1 atom stereocenters. The molecule has 28 heavy (non-hydrogen) atoms. The number of aromatic amines is 1. The molecular formula is C21H24N4O3. The van der Waals surface area contributed by atoms with Crippen molar-refractivity contribution in [2.45, 2.75) is 12.5 Å². The van der Waals surface area contributed by atoms with Crippen LogP contribution in [0.2, 0.25) is 0 Å². The second kappa shape index (κ2) is 7.90. The van der Waals surface area contributed by atoms with Gasteiger partial charge in [0.2, 0.25) is 5.91 Å². The number of para-hydroxylation sites is 1.